The number of aromatic amines is 1. The molecule has 1 amide bonds. The van der Waals surface area contributed by atoms with Gasteiger partial charge in [0.2, 0.25) is 5.78 Å². The van der Waals surface area contributed by atoms with Gasteiger partial charge in [0.15, 0.2) is 23.9 Å². The summed E-state index contributed by atoms with van der Waals surface area (Å²) in [5, 5.41) is 24.1. The maximum absolute atomic E-state index is 14.0. The highest BCUT2D eigenvalue weighted by Gasteiger charge is 2.44. The standard InChI is InChI=1S/C32H28N2O6/c1-20-15-24(40-19-21-7-4-3-5-8-21)11-12-25(20)30(36)28-29(23-10-13-26(35)27(16-23)39-2)34(32(38)31(28)37)18-22-9-6-14-33-17-22/h3-17,29,35-36H,18-19H2,1-2H3. The molecule has 0 spiro atoms. The Bertz CT molecular complexity index is 1580. The number of likely N-dealkylation sites (tertiary alicyclic amines) is 1. The predicted molar refractivity (Wildman–Crippen MR) is 145 cm³/mol. The Hall–Kier alpha value is -5.11. The molecule has 4 aromatic rings. The number of benzene rings is 3. The third kappa shape index (κ3) is 5.24. The average Bonchev–Trinajstić information content (AvgIpc) is 3.22. The second-order valence-electron chi connectivity index (χ2n) is 9.50. The van der Waals surface area contributed by atoms with E-state index in [0.717, 1.165) is 11.1 Å². The number of methoxy groups -OCH3 is 1. The normalized spacial score (nSPS) is 16.2. The molecule has 40 heavy (non-hydrogen) atoms. The summed E-state index contributed by atoms with van der Waals surface area (Å²) in [6.45, 7) is 2.23. The molecular weight excluding hydrogens is 508 g/mol. The highest BCUT2D eigenvalue weighted by Crippen LogP contribution is 2.42. The number of hydrogen-bond acceptors (Lipinski definition) is 6. The number of pyridine rings is 1. The van der Waals surface area contributed by atoms with Crippen LogP contribution in [-0.2, 0) is 22.7 Å². The van der Waals surface area contributed by atoms with Crippen LogP contribution in [0.3, 0.4) is 0 Å². The first-order valence-electron chi connectivity index (χ1n) is 12.7. The summed E-state index contributed by atoms with van der Waals surface area (Å²) in [7, 11) is 1.40. The molecule has 0 bridgehead atoms. The van der Waals surface area contributed by atoms with Crippen LogP contribution >= 0.6 is 0 Å². The van der Waals surface area contributed by atoms with Gasteiger partial charge in [0.1, 0.15) is 12.4 Å². The summed E-state index contributed by atoms with van der Waals surface area (Å²) in [6, 6.07) is 21.9. The number of aromatic hydroxyl groups is 1. The second-order valence-corrected chi connectivity index (χ2v) is 9.50. The lowest BCUT2D eigenvalue weighted by atomic mass is 9.93. The molecule has 8 nitrogen and oxygen atoms in total. The summed E-state index contributed by atoms with van der Waals surface area (Å²) >= 11 is 0. The van der Waals surface area contributed by atoms with Gasteiger partial charge in [0.25, 0.3) is 5.91 Å². The van der Waals surface area contributed by atoms with Crippen molar-refractivity contribution >= 4 is 17.4 Å². The number of ether oxygens (including phenoxy) is 2. The lowest BCUT2D eigenvalue weighted by Gasteiger charge is -2.28. The van der Waals surface area contributed by atoms with Crippen molar-refractivity contribution in [3.05, 3.63) is 125 Å². The molecule has 202 valence electrons. The zero-order valence-corrected chi connectivity index (χ0v) is 22.1. The lowest BCUT2D eigenvalue weighted by Crippen LogP contribution is -2.29. The van der Waals surface area contributed by atoms with Gasteiger partial charge in [0.05, 0.1) is 19.7 Å². The molecule has 1 saturated heterocycles. The summed E-state index contributed by atoms with van der Waals surface area (Å²) in [4.78, 5) is 31.1. The van der Waals surface area contributed by atoms with Gasteiger partial charge in [-0.2, -0.15) is 0 Å². The number of aryl methyl sites for hydroxylation is 1. The van der Waals surface area contributed by atoms with E-state index < -0.39 is 23.5 Å². The van der Waals surface area contributed by atoms with Gasteiger partial charge in [0, 0.05) is 17.2 Å². The lowest BCUT2D eigenvalue weighted by molar-refractivity contribution is -0.378. The average molecular weight is 537 g/mol. The minimum absolute atomic E-state index is 0.0950. The Morgan fingerprint density at radius 1 is 1.00 bits per heavy atom. The van der Waals surface area contributed by atoms with E-state index >= 15 is 0 Å². The van der Waals surface area contributed by atoms with Gasteiger partial charge in [-0.1, -0.05) is 48.2 Å². The van der Waals surface area contributed by atoms with Crippen molar-refractivity contribution in [3.8, 4) is 17.2 Å². The van der Waals surface area contributed by atoms with Crippen molar-refractivity contribution in [3.63, 3.8) is 0 Å². The van der Waals surface area contributed by atoms with Crippen LogP contribution in [0.4, 0.5) is 0 Å². The zero-order chi connectivity index (χ0) is 28.2. The number of nitrogens with zero attached hydrogens (tertiary/aromatic N) is 1. The van der Waals surface area contributed by atoms with E-state index in [1.165, 1.54) is 24.1 Å². The van der Waals surface area contributed by atoms with Crippen LogP contribution in [0.1, 0.15) is 33.9 Å². The van der Waals surface area contributed by atoms with Crippen molar-refractivity contribution in [2.75, 3.05) is 7.11 Å². The molecule has 1 fully saturated rings. The molecule has 0 radical (unpaired) electrons. The first kappa shape index (κ1) is 26.5. The molecule has 2 heterocycles. The van der Waals surface area contributed by atoms with Crippen molar-refractivity contribution in [1.82, 2.24) is 4.90 Å². The molecule has 1 atom stereocenters. The summed E-state index contributed by atoms with van der Waals surface area (Å²) < 4.78 is 11.2. The van der Waals surface area contributed by atoms with Crippen LogP contribution in [0, 0.1) is 6.92 Å². The summed E-state index contributed by atoms with van der Waals surface area (Å²) in [5.74, 6) is -1.51. The van der Waals surface area contributed by atoms with Crippen LogP contribution in [0.5, 0.6) is 17.2 Å². The van der Waals surface area contributed by atoms with Crippen LogP contribution in [0.2, 0.25) is 0 Å². The molecule has 1 aliphatic heterocycles. The number of Topliss-reactive ketones (excluding diaryl/α,β-unsaturated/α-hetero) is 1. The van der Waals surface area contributed by atoms with Gasteiger partial charge in [-0.05, 0) is 59.5 Å². The molecule has 0 aliphatic carbocycles. The van der Waals surface area contributed by atoms with Crippen LogP contribution in [-0.4, -0.2) is 28.8 Å². The SMILES string of the molecule is COc1cc(C2C(=C([O-])c3ccc(OCc4ccccc4)cc3C)C(=O)C(=O)N2Cc2ccc[nH+]c2)ccc1O. The Morgan fingerprint density at radius 3 is 2.48 bits per heavy atom. The Labute approximate surface area is 231 Å². The van der Waals surface area contributed by atoms with Gasteiger partial charge in [-0.15, -0.1) is 0 Å². The fourth-order valence-electron chi connectivity index (χ4n) is 4.84. The third-order valence-electron chi connectivity index (χ3n) is 6.86. The number of ketones is 1. The van der Waals surface area contributed by atoms with Crippen LogP contribution < -0.4 is 19.6 Å². The molecule has 1 aliphatic rings. The number of nitrogens with one attached hydrogen (secondary N) is 1. The zero-order valence-electron chi connectivity index (χ0n) is 22.1. The smallest absolute Gasteiger partial charge is 0.295 e. The number of phenols is 1. The topological polar surface area (TPSA) is 113 Å². The number of carbonyl (C=O) groups excluding carboxylic acids is 2. The predicted octanol–water partition coefficient (Wildman–Crippen LogP) is 3.53. The number of H-pyrrole nitrogens is 1. The highest BCUT2D eigenvalue weighted by atomic mass is 16.5. The molecule has 8 heteroatoms. The second kappa shape index (κ2) is 11.3. The molecule has 1 aromatic heterocycles. The van der Waals surface area contributed by atoms with Crippen LogP contribution in [0.25, 0.3) is 5.76 Å². The Morgan fingerprint density at radius 2 is 1.77 bits per heavy atom. The van der Waals surface area contributed by atoms with Crippen molar-refractivity contribution in [2.45, 2.75) is 26.1 Å². The third-order valence-corrected chi connectivity index (χ3v) is 6.86. The number of phenolic OH excluding ortho intramolecular Hbond substituents is 1. The molecule has 1 unspecified atom stereocenters. The minimum Gasteiger partial charge on any atom is -0.872 e. The number of rotatable bonds is 8. The molecule has 0 saturated carbocycles. The number of aromatic nitrogens is 1. The Kier molecular flexibility index (Phi) is 7.50. The number of hydrogen-bond donors (Lipinski definition) is 1. The van der Waals surface area contributed by atoms with E-state index in [4.69, 9.17) is 9.47 Å². The van der Waals surface area contributed by atoms with E-state index in [9.17, 15) is 19.8 Å². The summed E-state index contributed by atoms with van der Waals surface area (Å²) in [6.07, 6.45) is 3.46. The fourth-order valence-corrected chi connectivity index (χ4v) is 4.84. The van der Waals surface area contributed by atoms with Gasteiger partial charge in [-0.3, -0.25) is 9.59 Å². The van der Waals surface area contributed by atoms with Gasteiger partial charge < -0.3 is 24.6 Å². The van der Waals surface area contributed by atoms with E-state index in [2.05, 4.69) is 4.98 Å². The quantitative estimate of drug-likeness (QED) is 0.209. The molecule has 3 aromatic carbocycles. The number of carbonyl (C=O) groups is 2. The largest absolute Gasteiger partial charge is 0.872 e. The molecule has 5 rings (SSSR count). The van der Waals surface area contributed by atoms with Crippen molar-refractivity contribution in [2.24, 2.45) is 0 Å². The monoisotopic (exact) mass is 536 g/mol. The molecular formula is C32H28N2O6. The fraction of sp³-hybridized carbons (Fsp3) is 0.156. The Balaban J connectivity index is 1.55. The first-order chi connectivity index (χ1) is 19.4. The van der Waals surface area contributed by atoms with Crippen molar-refractivity contribution < 1.29 is 34.3 Å². The van der Waals surface area contributed by atoms with Gasteiger partial charge >= 0.3 is 0 Å². The van der Waals surface area contributed by atoms with E-state index in [1.807, 2.05) is 36.4 Å². The van der Waals surface area contributed by atoms with E-state index in [1.54, 1.807) is 49.6 Å². The first-order valence-corrected chi connectivity index (χ1v) is 12.7. The van der Waals surface area contributed by atoms with Crippen LogP contribution in [0.15, 0.2) is 96.8 Å². The highest BCUT2D eigenvalue weighted by molar-refractivity contribution is 6.46. The maximum atomic E-state index is 14.0. The maximum Gasteiger partial charge on any atom is 0.295 e. The molecule has 2 N–H and O–H groups in total. The van der Waals surface area contributed by atoms with E-state index in [-0.39, 0.29) is 23.6 Å². The van der Waals surface area contributed by atoms with Gasteiger partial charge in [-0.25, -0.2) is 4.98 Å². The van der Waals surface area contributed by atoms with Crippen molar-refractivity contribution in [1.29, 1.82) is 0 Å². The minimum atomic E-state index is -0.976. The number of amides is 1. The van der Waals surface area contributed by atoms with E-state index in [0.29, 0.717) is 29.0 Å². The summed E-state index contributed by atoms with van der Waals surface area (Å²) in [5.41, 5.74) is 2.99.